The molecule has 0 aliphatic rings. The van der Waals surface area contributed by atoms with Gasteiger partial charge in [0.25, 0.3) is 5.91 Å². The zero-order valence-electron chi connectivity index (χ0n) is 14.1. The van der Waals surface area contributed by atoms with E-state index in [1.54, 1.807) is 36.2 Å². The molecule has 0 saturated carbocycles. The smallest absolute Gasteiger partial charge is 0.340 e. The number of thioether (sulfide) groups is 1. The van der Waals surface area contributed by atoms with Crippen LogP contribution in [0.1, 0.15) is 10.4 Å². The van der Waals surface area contributed by atoms with Gasteiger partial charge in [-0.05, 0) is 24.3 Å². The van der Waals surface area contributed by atoms with Crippen LogP contribution in [0.3, 0.4) is 0 Å². The molecule has 0 aliphatic heterocycles. The summed E-state index contributed by atoms with van der Waals surface area (Å²) in [5.41, 5.74) is 0.926. The maximum atomic E-state index is 12.2. The minimum absolute atomic E-state index is 0.307. The van der Waals surface area contributed by atoms with Crippen LogP contribution in [-0.2, 0) is 9.53 Å². The Morgan fingerprint density at radius 2 is 1.81 bits per heavy atom. The Bertz CT molecular complexity index is 894. The van der Waals surface area contributed by atoms with E-state index in [9.17, 15) is 9.59 Å². The normalized spacial score (nSPS) is 10.5. The number of rotatable bonds is 7. The molecular weight excluding hydrogens is 348 g/mol. The topological polar surface area (TPSA) is 68.3 Å². The van der Waals surface area contributed by atoms with Crippen molar-refractivity contribution in [3.63, 3.8) is 0 Å². The highest BCUT2D eigenvalue weighted by atomic mass is 32.2. The number of hydrogen-bond donors (Lipinski definition) is 1. The third-order valence-corrected chi connectivity index (χ3v) is 4.64. The molecule has 0 aliphatic carbocycles. The van der Waals surface area contributed by atoms with Gasteiger partial charge in [0.1, 0.15) is 0 Å². The zero-order valence-corrected chi connectivity index (χ0v) is 14.9. The summed E-state index contributed by atoms with van der Waals surface area (Å²) in [5, 5.41) is 3.60. The summed E-state index contributed by atoms with van der Waals surface area (Å²) in [5.74, 6) is -0.125. The molecule has 0 fully saturated rings. The minimum Gasteiger partial charge on any atom is -0.452 e. The van der Waals surface area contributed by atoms with E-state index in [1.807, 2.05) is 42.5 Å². The molecule has 1 amide bonds. The molecule has 2 aromatic carbocycles. The first kappa shape index (κ1) is 17.9. The summed E-state index contributed by atoms with van der Waals surface area (Å²) in [4.78, 5) is 29.4. The lowest BCUT2D eigenvalue weighted by Gasteiger charge is -2.08. The predicted molar refractivity (Wildman–Crippen MR) is 102 cm³/mol. The van der Waals surface area contributed by atoms with Crippen molar-refractivity contribution >= 4 is 34.5 Å². The van der Waals surface area contributed by atoms with Gasteiger partial charge in [-0.15, -0.1) is 11.8 Å². The largest absolute Gasteiger partial charge is 0.452 e. The number of carbonyl (C=O) groups is 2. The van der Waals surface area contributed by atoms with E-state index < -0.39 is 5.97 Å². The van der Waals surface area contributed by atoms with E-state index in [1.165, 1.54) is 0 Å². The Kier molecular flexibility index (Phi) is 6.22. The first-order chi connectivity index (χ1) is 12.7. The lowest BCUT2D eigenvalue weighted by Crippen LogP contribution is -2.30. The zero-order chi connectivity index (χ0) is 18.2. The van der Waals surface area contributed by atoms with Gasteiger partial charge in [-0.25, -0.2) is 4.79 Å². The molecule has 0 bridgehead atoms. The molecule has 0 unspecified atom stereocenters. The number of pyridine rings is 1. The quantitative estimate of drug-likeness (QED) is 0.395. The average molecular weight is 366 g/mol. The van der Waals surface area contributed by atoms with Gasteiger partial charge in [-0.1, -0.05) is 36.4 Å². The lowest BCUT2D eigenvalue weighted by molar-refractivity contribution is -0.124. The average Bonchev–Trinajstić information content (AvgIpc) is 2.70. The van der Waals surface area contributed by atoms with Crippen LogP contribution in [0.5, 0.6) is 0 Å². The second-order valence-corrected chi connectivity index (χ2v) is 6.64. The number of nitrogens with zero attached hydrogens (tertiary/aromatic N) is 1. The molecule has 0 atom stereocenters. The van der Waals surface area contributed by atoms with E-state index in [0.717, 1.165) is 16.0 Å². The number of benzene rings is 2. The van der Waals surface area contributed by atoms with Crippen molar-refractivity contribution in [2.24, 2.45) is 0 Å². The van der Waals surface area contributed by atoms with Crippen LogP contribution in [0.2, 0.25) is 0 Å². The number of carbonyl (C=O) groups excluding carboxylic acids is 2. The van der Waals surface area contributed by atoms with Crippen LogP contribution in [0.15, 0.2) is 71.8 Å². The van der Waals surface area contributed by atoms with Crippen molar-refractivity contribution in [1.29, 1.82) is 0 Å². The second-order valence-electron chi connectivity index (χ2n) is 5.47. The van der Waals surface area contributed by atoms with Gasteiger partial charge in [0.2, 0.25) is 0 Å². The molecule has 0 spiro atoms. The molecule has 26 heavy (non-hydrogen) atoms. The molecule has 6 heteroatoms. The fourth-order valence-electron chi connectivity index (χ4n) is 2.40. The maximum absolute atomic E-state index is 12.2. The number of para-hydroxylation sites is 1. The summed E-state index contributed by atoms with van der Waals surface area (Å²) in [6, 6.07) is 18.9. The standard InChI is InChI=1S/C20H18N2O3S/c23-18(21-12-13-26-16-8-2-1-3-9-16)14-25-20(24)17-10-4-6-15-7-5-11-22-19(15)17/h1-11H,12-14H2,(H,21,23). The van der Waals surface area contributed by atoms with Gasteiger partial charge in [-0.3, -0.25) is 9.78 Å². The SMILES string of the molecule is O=C(COC(=O)c1cccc2cccnc12)NCCSc1ccccc1. The number of amides is 1. The molecule has 3 rings (SSSR count). The molecule has 132 valence electrons. The number of ether oxygens (including phenoxy) is 1. The number of aromatic nitrogens is 1. The van der Waals surface area contributed by atoms with Crippen molar-refractivity contribution in [2.75, 3.05) is 18.9 Å². The first-order valence-electron chi connectivity index (χ1n) is 8.19. The van der Waals surface area contributed by atoms with Crippen LogP contribution < -0.4 is 5.32 Å². The van der Waals surface area contributed by atoms with Gasteiger partial charge in [0.05, 0.1) is 11.1 Å². The monoisotopic (exact) mass is 366 g/mol. The van der Waals surface area contributed by atoms with Crippen LogP contribution in [0.25, 0.3) is 10.9 Å². The van der Waals surface area contributed by atoms with Crippen molar-refractivity contribution in [3.05, 3.63) is 72.4 Å². The minimum atomic E-state index is -0.553. The Morgan fingerprint density at radius 1 is 1.00 bits per heavy atom. The molecule has 5 nitrogen and oxygen atoms in total. The van der Waals surface area contributed by atoms with E-state index in [-0.39, 0.29) is 12.5 Å². The Labute approximate surface area is 155 Å². The number of fused-ring (bicyclic) bond motifs is 1. The number of esters is 1. The highest BCUT2D eigenvalue weighted by Crippen LogP contribution is 2.17. The van der Waals surface area contributed by atoms with Gasteiger partial charge < -0.3 is 10.1 Å². The highest BCUT2D eigenvalue weighted by molar-refractivity contribution is 7.99. The Hall–Kier alpha value is -2.86. The van der Waals surface area contributed by atoms with Crippen LogP contribution in [0, 0.1) is 0 Å². The van der Waals surface area contributed by atoms with E-state index in [0.29, 0.717) is 17.6 Å². The van der Waals surface area contributed by atoms with Crippen molar-refractivity contribution in [1.82, 2.24) is 10.3 Å². The molecule has 0 radical (unpaired) electrons. The van der Waals surface area contributed by atoms with Gasteiger partial charge in [0, 0.05) is 28.8 Å². The molecule has 0 saturated heterocycles. The van der Waals surface area contributed by atoms with Crippen molar-refractivity contribution in [2.45, 2.75) is 4.90 Å². The Morgan fingerprint density at radius 3 is 2.65 bits per heavy atom. The first-order valence-corrected chi connectivity index (χ1v) is 9.18. The molecular formula is C20H18N2O3S. The van der Waals surface area contributed by atoms with Crippen LogP contribution >= 0.6 is 11.8 Å². The number of nitrogens with one attached hydrogen (secondary N) is 1. The second kappa shape index (κ2) is 9.01. The van der Waals surface area contributed by atoms with Gasteiger partial charge in [-0.2, -0.15) is 0 Å². The third-order valence-electron chi connectivity index (χ3n) is 3.62. The maximum Gasteiger partial charge on any atom is 0.340 e. The molecule has 1 N–H and O–H groups in total. The van der Waals surface area contributed by atoms with Crippen molar-refractivity contribution < 1.29 is 14.3 Å². The summed E-state index contributed by atoms with van der Waals surface area (Å²) in [7, 11) is 0. The van der Waals surface area contributed by atoms with Gasteiger partial charge in [0.15, 0.2) is 6.61 Å². The van der Waals surface area contributed by atoms with E-state index in [4.69, 9.17) is 4.74 Å². The Balaban J connectivity index is 1.44. The summed E-state index contributed by atoms with van der Waals surface area (Å²) >= 11 is 1.65. The molecule has 1 aromatic heterocycles. The summed E-state index contributed by atoms with van der Waals surface area (Å²) < 4.78 is 5.12. The third kappa shape index (κ3) is 4.83. The molecule has 1 heterocycles. The molecule has 3 aromatic rings. The predicted octanol–water partition coefficient (Wildman–Crippen LogP) is 3.30. The number of hydrogen-bond acceptors (Lipinski definition) is 5. The van der Waals surface area contributed by atoms with Gasteiger partial charge >= 0.3 is 5.97 Å². The van der Waals surface area contributed by atoms with Crippen molar-refractivity contribution in [3.8, 4) is 0 Å². The fraction of sp³-hybridized carbons (Fsp3) is 0.150. The van der Waals surface area contributed by atoms with Crippen LogP contribution in [0.4, 0.5) is 0 Å². The fourth-order valence-corrected chi connectivity index (χ4v) is 3.19. The van der Waals surface area contributed by atoms with E-state index in [2.05, 4.69) is 10.3 Å². The summed E-state index contributed by atoms with van der Waals surface area (Å²) in [6.07, 6.45) is 1.62. The van der Waals surface area contributed by atoms with E-state index >= 15 is 0 Å². The lowest BCUT2D eigenvalue weighted by atomic mass is 10.1. The van der Waals surface area contributed by atoms with Crippen LogP contribution in [-0.4, -0.2) is 35.8 Å². The highest BCUT2D eigenvalue weighted by Gasteiger charge is 2.13. The summed E-state index contributed by atoms with van der Waals surface area (Å²) in [6.45, 7) is 0.198.